The smallest absolute Gasteiger partial charge is 0.0789 e. The van der Waals surface area contributed by atoms with E-state index >= 15 is 0 Å². The molecule has 0 saturated heterocycles. The highest BCUT2D eigenvalue weighted by Crippen LogP contribution is 2.39. The SMILES string of the molecule is Cc1cc(-c2ccccc2)c(-c2ccccc2)c(-c2ccc(C(C)(C)C)cc2)n1. The first kappa shape index (κ1) is 19.1. The summed E-state index contributed by atoms with van der Waals surface area (Å²) in [5, 5.41) is 0. The van der Waals surface area contributed by atoms with Crippen molar-refractivity contribution in [3.63, 3.8) is 0 Å². The summed E-state index contributed by atoms with van der Waals surface area (Å²) in [4.78, 5) is 5.00. The lowest BCUT2D eigenvalue weighted by Crippen LogP contribution is -2.10. The van der Waals surface area contributed by atoms with Crippen LogP contribution in [0.3, 0.4) is 0 Å². The molecule has 4 aromatic rings. The number of aryl methyl sites for hydroxylation is 1. The van der Waals surface area contributed by atoms with Gasteiger partial charge in [0.1, 0.15) is 0 Å². The summed E-state index contributed by atoms with van der Waals surface area (Å²) in [5.74, 6) is 0. The van der Waals surface area contributed by atoms with Gasteiger partial charge in [-0.3, -0.25) is 4.98 Å². The van der Waals surface area contributed by atoms with E-state index in [9.17, 15) is 0 Å². The van der Waals surface area contributed by atoms with E-state index in [1.807, 2.05) is 0 Å². The quantitative estimate of drug-likeness (QED) is 0.356. The molecule has 0 aliphatic carbocycles. The Bertz CT molecular complexity index is 1100. The van der Waals surface area contributed by atoms with E-state index in [1.54, 1.807) is 0 Å². The van der Waals surface area contributed by atoms with Crippen molar-refractivity contribution >= 4 is 0 Å². The lowest BCUT2D eigenvalue weighted by atomic mass is 9.85. The largest absolute Gasteiger partial charge is 0.252 e. The van der Waals surface area contributed by atoms with Crippen LogP contribution < -0.4 is 0 Å². The van der Waals surface area contributed by atoms with Crippen molar-refractivity contribution in [2.45, 2.75) is 33.1 Å². The summed E-state index contributed by atoms with van der Waals surface area (Å²) in [6.45, 7) is 8.82. The summed E-state index contributed by atoms with van der Waals surface area (Å²) in [5.41, 5.74) is 9.49. The monoisotopic (exact) mass is 377 g/mol. The number of rotatable bonds is 3. The molecule has 0 saturated carbocycles. The molecule has 144 valence electrons. The van der Waals surface area contributed by atoms with Crippen molar-refractivity contribution in [2.24, 2.45) is 0 Å². The Morgan fingerprint density at radius 1 is 0.621 bits per heavy atom. The van der Waals surface area contributed by atoms with Crippen molar-refractivity contribution in [2.75, 3.05) is 0 Å². The third-order valence-corrected chi connectivity index (χ3v) is 5.32. The number of aromatic nitrogens is 1. The van der Waals surface area contributed by atoms with Crippen molar-refractivity contribution in [3.8, 4) is 33.5 Å². The Morgan fingerprint density at radius 2 is 1.17 bits per heavy atom. The van der Waals surface area contributed by atoms with Gasteiger partial charge in [-0.25, -0.2) is 0 Å². The third-order valence-electron chi connectivity index (χ3n) is 5.32. The van der Waals surface area contributed by atoms with Gasteiger partial charge in [0.05, 0.1) is 5.69 Å². The number of nitrogens with zero attached hydrogens (tertiary/aromatic N) is 1. The Labute approximate surface area is 174 Å². The summed E-state index contributed by atoms with van der Waals surface area (Å²) < 4.78 is 0. The van der Waals surface area contributed by atoms with Crippen molar-refractivity contribution in [1.29, 1.82) is 0 Å². The minimum absolute atomic E-state index is 0.135. The third kappa shape index (κ3) is 4.00. The first-order valence-electron chi connectivity index (χ1n) is 10.2. The molecule has 29 heavy (non-hydrogen) atoms. The van der Waals surface area contributed by atoms with Gasteiger partial charge in [0.25, 0.3) is 0 Å². The number of pyridine rings is 1. The average molecular weight is 378 g/mol. The van der Waals surface area contributed by atoms with Crippen LogP contribution in [-0.2, 0) is 5.41 Å². The minimum Gasteiger partial charge on any atom is -0.252 e. The molecule has 0 aliphatic rings. The van der Waals surface area contributed by atoms with Crippen LogP contribution >= 0.6 is 0 Å². The predicted octanol–water partition coefficient (Wildman–Crippen LogP) is 7.69. The van der Waals surface area contributed by atoms with E-state index in [2.05, 4.69) is 119 Å². The Morgan fingerprint density at radius 3 is 1.72 bits per heavy atom. The summed E-state index contributed by atoms with van der Waals surface area (Å²) in [6, 6.07) is 32.3. The molecule has 1 heteroatoms. The molecule has 4 rings (SSSR count). The van der Waals surface area contributed by atoms with E-state index in [0.29, 0.717) is 0 Å². The topological polar surface area (TPSA) is 12.9 Å². The molecule has 0 radical (unpaired) electrons. The van der Waals surface area contributed by atoms with E-state index in [4.69, 9.17) is 4.98 Å². The molecule has 0 aliphatic heterocycles. The van der Waals surface area contributed by atoms with Crippen LogP contribution in [0, 0.1) is 6.92 Å². The van der Waals surface area contributed by atoms with Gasteiger partial charge < -0.3 is 0 Å². The van der Waals surface area contributed by atoms with E-state index < -0.39 is 0 Å². The first-order chi connectivity index (χ1) is 13.9. The van der Waals surface area contributed by atoms with Gasteiger partial charge in [-0.1, -0.05) is 106 Å². The fraction of sp³-hybridized carbons (Fsp3) is 0.179. The lowest BCUT2D eigenvalue weighted by molar-refractivity contribution is 0.590. The predicted molar refractivity (Wildman–Crippen MR) is 124 cm³/mol. The molecule has 0 spiro atoms. The molecule has 0 atom stereocenters. The Hall–Kier alpha value is -3.19. The van der Waals surface area contributed by atoms with Crippen LogP contribution in [0.15, 0.2) is 91.0 Å². The Kier molecular flexibility index (Phi) is 5.07. The maximum Gasteiger partial charge on any atom is 0.0789 e. The van der Waals surface area contributed by atoms with Crippen molar-refractivity contribution in [1.82, 2.24) is 4.98 Å². The van der Waals surface area contributed by atoms with Gasteiger partial charge in [-0.15, -0.1) is 0 Å². The second-order valence-corrected chi connectivity index (χ2v) is 8.59. The standard InChI is InChI=1S/C28H27N/c1-20-19-25(21-11-7-5-8-12-21)26(22-13-9-6-10-14-22)27(29-20)23-15-17-24(18-16-23)28(2,3)4/h5-19H,1-4H3. The Balaban J connectivity index is 1.98. The lowest BCUT2D eigenvalue weighted by Gasteiger charge is -2.20. The van der Waals surface area contributed by atoms with Crippen LogP contribution in [0.25, 0.3) is 33.5 Å². The molecule has 1 nitrogen and oxygen atoms in total. The molecule has 0 fully saturated rings. The van der Waals surface area contributed by atoms with Crippen LogP contribution in [0.5, 0.6) is 0 Å². The minimum atomic E-state index is 0.135. The highest BCUT2D eigenvalue weighted by atomic mass is 14.7. The van der Waals surface area contributed by atoms with Gasteiger partial charge in [0.2, 0.25) is 0 Å². The van der Waals surface area contributed by atoms with Gasteiger partial charge in [-0.2, -0.15) is 0 Å². The summed E-state index contributed by atoms with van der Waals surface area (Å²) >= 11 is 0. The molecule has 1 aromatic heterocycles. The zero-order valence-electron chi connectivity index (χ0n) is 17.6. The number of hydrogen-bond acceptors (Lipinski definition) is 1. The van der Waals surface area contributed by atoms with E-state index in [1.165, 1.54) is 27.8 Å². The fourth-order valence-corrected chi connectivity index (χ4v) is 3.75. The van der Waals surface area contributed by atoms with E-state index in [0.717, 1.165) is 17.0 Å². The van der Waals surface area contributed by atoms with E-state index in [-0.39, 0.29) is 5.41 Å². The summed E-state index contributed by atoms with van der Waals surface area (Å²) in [6.07, 6.45) is 0. The normalized spacial score (nSPS) is 11.4. The maximum atomic E-state index is 5.00. The number of benzene rings is 3. The number of hydrogen-bond donors (Lipinski definition) is 0. The fourth-order valence-electron chi connectivity index (χ4n) is 3.75. The zero-order valence-corrected chi connectivity index (χ0v) is 17.6. The highest BCUT2D eigenvalue weighted by molar-refractivity contribution is 5.93. The average Bonchev–Trinajstić information content (AvgIpc) is 2.74. The second-order valence-electron chi connectivity index (χ2n) is 8.59. The molecule has 3 aromatic carbocycles. The van der Waals surface area contributed by atoms with Gasteiger partial charge in [0, 0.05) is 16.8 Å². The second kappa shape index (κ2) is 7.67. The first-order valence-corrected chi connectivity index (χ1v) is 10.2. The molecule has 0 amide bonds. The van der Waals surface area contributed by atoms with Gasteiger partial charge >= 0.3 is 0 Å². The molecule has 0 N–H and O–H groups in total. The highest BCUT2D eigenvalue weighted by Gasteiger charge is 2.18. The summed E-state index contributed by atoms with van der Waals surface area (Å²) in [7, 11) is 0. The molecule has 0 bridgehead atoms. The molecule has 0 unspecified atom stereocenters. The van der Waals surface area contributed by atoms with Gasteiger partial charge in [-0.05, 0) is 40.7 Å². The van der Waals surface area contributed by atoms with Gasteiger partial charge in [0.15, 0.2) is 0 Å². The van der Waals surface area contributed by atoms with Crippen molar-refractivity contribution < 1.29 is 0 Å². The molecule has 1 heterocycles. The zero-order chi connectivity index (χ0) is 20.4. The van der Waals surface area contributed by atoms with Crippen LogP contribution in [0.4, 0.5) is 0 Å². The van der Waals surface area contributed by atoms with Crippen LogP contribution in [0.1, 0.15) is 32.0 Å². The maximum absolute atomic E-state index is 5.00. The van der Waals surface area contributed by atoms with Crippen LogP contribution in [-0.4, -0.2) is 4.98 Å². The van der Waals surface area contributed by atoms with Crippen molar-refractivity contribution in [3.05, 3.63) is 102 Å². The molecular formula is C28H27N. The molecular weight excluding hydrogens is 350 g/mol. The van der Waals surface area contributed by atoms with Crippen LogP contribution in [0.2, 0.25) is 0 Å².